The Kier molecular flexibility index (Phi) is 17.5. The number of carbonyl (C=O) groups excluding carboxylic acids is 4. The first kappa shape index (κ1) is 57.1. The van der Waals surface area contributed by atoms with Crippen LogP contribution < -0.4 is 22.1 Å². The lowest BCUT2D eigenvalue weighted by atomic mass is 9.43. The Morgan fingerprint density at radius 2 is 1.24 bits per heavy atom. The van der Waals surface area contributed by atoms with Gasteiger partial charge in [0.05, 0.1) is 39.0 Å². The summed E-state index contributed by atoms with van der Waals surface area (Å²) in [7, 11) is 0. The van der Waals surface area contributed by atoms with E-state index in [1.54, 1.807) is 12.1 Å². The van der Waals surface area contributed by atoms with Crippen molar-refractivity contribution in [2.75, 3.05) is 5.32 Å². The number of ether oxygens (including phenoxy) is 2. The fraction of sp³-hybridized carbons (Fsp3) is 0.607. The number of nitrogens with two attached hydrogens (primary N) is 2. The van der Waals surface area contributed by atoms with Gasteiger partial charge in [-0.05, 0) is 177 Å². The van der Waals surface area contributed by atoms with Crippen LogP contribution in [-0.4, -0.2) is 63.8 Å². The van der Waals surface area contributed by atoms with Gasteiger partial charge in [-0.2, -0.15) is 0 Å². The van der Waals surface area contributed by atoms with Crippen LogP contribution in [0, 0.1) is 52.3 Å². The Balaban J connectivity index is 1.16. The van der Waals surface area contributed by atoms with Gasteiger partial charge in [0.2, 0.25) is 0 Å². The van der Waals surface area contributed by atoms with Crippen molar-refractivity contribution < 1.29 is 48.5 Å². The molecule has 4 saturated carbocycles. The fourth-order valence-electron chi connectivity index (χ4n) is 14.5. The SMILES string of the molecule is CCC(N)(CC)NC(=O)c1cc(C(=O)OC2CCC3(C)C(C2)C(OC(=O)c2ccc(C(=O)Nc4ccc(C(N)(CC)CC)cc4)c(C(=O)O)c2)CC2C4CCC(C(C)CCCC(C)C)C4(C)CCC23)ccc1C(=O)O. The second kappa shape index (κ2) is 22.9. The second-order valence-corrected chi connectivity index (χ2v) is 23.8. The summed E-state index contributed by atoms with van der Waals surface area (Å²) >= 11 is 0. The summed E-state index contributed by atoms with van der Waals surface area (Å²) < 4.78 is 12.9. The molecule has 10 unspecified atom stereocenters. The number of amides is 2. The second-order valence-electron chi connectivity index (χ2n) is 23.8. The molecule has 0 bridgehead atoms. The van der Waals surface area contributed by atoms with Crippen LogP contribution in [0.1, 0.15) is 226 Å². The van der Waals surface area contributed by atoms with E-state index in [1.807, 2.05) is 39.8 Å². The smallest absolute Gasteiger partial charge is 0.338 e. The fourth-order valence-corrected chi connectivity index (χ4v) is 14.5. The van der Waals surface area contributed by atoms with Crippen molar-refractivity contribution in [1.82, 2.24) is 5.32 Å². The standard InChI is InChI=1S/C61H84N4O10/c1-10-60(62,11-2)39-19-21-40(22-20-39)64-52(66)42-23-17-38(32-45(42)55(70)71)57(73)75-51-34-46-48-26-25-47(36(7)16-14-15-35(5)6)58(48,8)30-28-49(46)59(9)29-27-41(33-50(51)59)74-56(72)37-18-24-43(54(68)69)44(31-37)53(67)65-61(63,12-3)13-4/h17-24,31-32,35-36,41,46-51H,10-16,25-30,33-34,62-63H2,1-9H3,(H,64,66)(H,65,67)(H,68,69)(H,70,71). The number of benzene rings is 3. The molecule has 75 heavy (non-hydrogen) atoms. The summed E-state index contributed by atoms with van der Waals surface area (Å²) in [4.78, 5) is 80.9. The van der Waals surface area contributed by atoms with Crippen LogP contribution in [0.15, 0.2) is 60.7 Å². The molecule has 3 aromatic carbocycles. The monoisotopic (exact) mass is 1030 g/mol. The largest absolute Gasteiger partial charge is 0.478 e. The highest BCUT2D eigenvalue weighted by Gasteiger charge is 2.63. The zero-order valence-corrected chi connectivity index (χ0v) is 45.9. The highest BCUT2D eigenvalue weighted by molar-refractivity contribution is 6.11. The maximum atomic E-state index is 14.6. The highest BCUT2D eigenvalue weighted by atomic mass is 16.6. The van der Waals surface area contributed by atoms with Crippen LogP contribution in [-0.2, 0) is 15.0 Å². The van der Waals surface area contributed by atoms with E-state index < -0.39 is 59.1 Å². The predicted molar refractivity (Wildman–Crippen MR) is 289 cm³/mol. The molecule has 4 aliphatic rings. The van der Waals surface area contributed by atoms with E-state index in [-0.39, 0.29) is 56.0 Å². The summed E-state index contributed by atoms with van der Waals surface area (Å²) in [5, 5.41) is 26.0. The first-order chi connectivity index (χ1) is 35.4. The number of carboxylic acids is 2. The van der Waals surface area contributed by atoms with E-state index in [9.17, 15) is 39.0 Å². The molecule has 7 rings (SSSR count). The molecular formula is C61H84N4O10. The maximum Gasteiger partial charge on any atom is 0.338 e. The lowest BCUT2D eigenvalue weighted by molar-refractivity contribution is -0.174. The third-order valence-corrected chi connectivity index (χ3v) is 19.4. The summed E-state index contributed by atoms with van der Waals surface area (Å²) in [5.74, 6) is -2.75. The predicted octanol–water partition coefficient (Wildman–Crippen LogP) is 12.0. The molecule has 0 saturated heterocycles. The lowest BCUT2D eigenvalue weighted by Crippen LogP contribution is -2.59. The molecule has 14 heteroatoms. The number of carboxylic acid groups (broad SMARTS) is 2. The number of aromatic carboxylic acids is 2. The minimum atomic E-state index is -1.37. The Bertz CT molecular complexity index is 2610. The van der Waals surface area contributed by atoms with E-state index >= 15 is 0 Å². The van der Waals surface area contributed by atoms with Crippen LogP contribution in [0.25, 0.3) is 0 Å². The normalized spacial score (nSPS) is 26.7. The Hall–Kier alpha value is -5.60. The van der Waals surface area contributed by atoms with Gasteiger partial charge >= 0.3 is 23.9 Å². The molecule has 0 heterocycles. The first-order valence-electron chi connectivity index (χ1n) is 27.9. The van der Waals surface area contributed by atoms with Crippen LogP contribution in [0.2, 0.25) is 0 Å². The van der Waals surface area contributed by atoms with Gasteiger partial charge in [0, 0.05) is 17.1 Å². The third-order valence-electron chi connectivity index (χ3n) is 19.4. The molecule has 10 atom stereocenters. The molecule has 4 aliphatic carbocycles. The van der Waals surface area contributed by atoms with Gasteiger partial charge in [-0.15, -0.1) is 0 Å². The number of nitrogens with one attached hydrogen (secondary N) is 2. The third kappa shape index (κ3) is 11.7. The highest BCUT2D eigenvalue weighted by Crippen LogP contribution is 2.69. The molecule has 14 nitrogen and oxygen atoms in total. The minimum Gasteiger partial charge on any atom is -0.478 e. The van der Waals surface area contributed by atoms with Gasteiger partial charge < -0.3 is 41.8 Å². The van der Waals surface area contributed by atoms with E-state index in [0.717, 1.165) is 37.7 Å². The lowest BCUT2D eigenvalue weighted by Gasteiger charge is -2.62. The molecule has 0 radical (unpaired) electrons. The molecule has 0 aromatic heterocycles. The van der Waals surface area contributed by atoms with Crippen molar-refractivity contribution in [3.8, 4) is 0 Å². The number of hydrogen-bond acceptors (Lipinski definition) is 10. The van der Waals surface area contributed by atoms with E-state index in [0.29, 0.717) is 73.8 Å². The average Bonchev–Trinajstić information content (AvgIpc) is 3.75. The molecule has 8 N–H and O–H groups in total. The van der Waals surface area contributed by atoms with Crippen LogP contribution >= 0.6 is 0 Å². The van der Waals surface area contributed by atoms with Crippen LogP contribution in [0.5, 0.6) is 0 Å². The first-order valence-corrected chi connectivity index (χ1v) is 27.9. The van der Waals surface area contributed by atoms with Gasteiger partial charge in [-0.3, -0.25) is 9.59 Å². The number of anilines is 1. The summed E-state index contributed by atoms with van der Waals surface area (Å²) in [6.07, 6.45) is 11.5. The van der Waals surface area contributed by atoms with E-state index in [2.05, 4.69) is 45.3 Å². The molecule has 3 aromatic rings. The Morgan fingerprint density at radius 1 is 0.653 bits per heavy atom. The van der Waals surface area contributed by atoms with Crippen molar-refractivity contribution in [1.29, 1.82) is 0 Å². The van der Waals surface area contributed by atoms with Gasteiger partial charge in [0.25, 0.3) is 11.8 Å². The van der Waals surface area contributed by atoms with Crippen molar-refractivity contribution >= 4 is 41.4 Å². The van der Waals surface area contributed by atoms with Crippen molar-refractivity contribution in [3.63, 3.8) is 0 Å². The van der Waals surface area contributed by atoms with Crippen molar-refractivity contribution in [2.45, 2.75) is 182 Å². The van der Waals surface area contributed by atoms with Crippen LogP contribution in [0.4, 0.5) is 5.69 Å². The van der Waals surface area contributed by atoms with Gasteiger partial charge in [0.1, 0.15) is 12.2 Å². The number of carbonyl (C=O) groups is 6. The molecule has 2 amide bonds. The number of hydrogen-bond donors (Lipinski definition) is 6. The molecule has 408 valence electrons. The van der Waals surface area contributed by atoms with Gasteiger partial charge in [-0.1, -0.05) is 93.7 Å². The minimum absolute atomic E-state index is 0.00775. The number of esters is 2. The molecule has 0 aliphatic heterocycles. The summed E-state index contributed by atoms with van der Waals surface area (Å²) in [5.41, 5.74) is 11.7. The van der Waals surface area contributed by atoms with Crippen molar-refractivity contribution in [2.24, 2.45) is 63.7 Å². The van der Waals surface area contributed by atoms with Crippen LogP contribution in [0.3, 0.4) is 0 Å². The van der Waals surface area contributed by atoms with E-state index in [1.165, 1.54) is 62.1 Å². The quantitative estimate of drug-likeness (QED) is 0.0458. The Morgan fingerprint density at radius 3 is 1.84 bits per heavy atom. The van der Waals surface area contributed by atoms with Gasteiger partial charge in [0.15, 0.2) is 0 Å². The van der Waals surface area contributed by atoms with Gasteiger partial charge in [-0.25, -0.2) is 19.2 Å². The zero-order valence-electron chi connectivity index (χ0n) is 45.9. The molecular weight excluding hydrogens is 949 g/mol. The summed E-state index contributed by atoms with van der Waals surface area (Å²) in [6.45, 7) is 19.5. The molecule has 0 spiro atoms. The number of rotatable bonds is 20. The Labute approximate surface area is 444 Å². The topological polar surface area (TPSA) is 237 Å². The average molecular weight is 1030 g/mol. The zero-order chi connectivity index (χ0) is 54.8. The summed E-state index contributed by atoms with van der Waals surface area (Å²) in [6, 6.07) is 15.0. The number of fused-ring (bicyclic) bond motifs is 5. The van der Waals surface area contributed by atoms with E-state index in [4.69, 9.17) is 20.9 Å². The maximum absolute atomic E-state index is 14.6. The molecule has 4 fully saturated rings. The van der Waals surface area contributed by atoms with Crippen molar-refractivity contribution in [3.05, 3.63) is 99.6 Å².